The van der Waals surface area contributed by atoms with Gasteiger partial charge in [0.1, 0.15) is 0 Å². The summed E-state index contributed by atoms with van der Waals surface area (Å²) in [5, 5.41) is 0. The summed E-state index contributed by atoms with van der Waals surface area (Å²) in [5.41, 5.74) is 0. The first-order valence-electron chi connectivity index (χ1n) is 8.27. The van der Waals surface area contributed by atoms with Crippen LogP contribution in [0.15, 0.2) is 24.3 Å². The Labute approximate surface area is 154 Å². The van der Waals surface area contributed by atoms with E-state index < -0.39 is 34.0 Å². The lowest BCUT2D eigenvalue weighted by molar-refractivity contribution is -0.142. The number of nitrogens with zero attached hydrogens (tertiary/aromatic N) is 2. The molecule has 4 amide bonds. The Morgan fingerprint density at radius 2 is 1.37 bits per heavy atom. The fourth-order valence-corrected chi connectivity index (χ4v) is 4.25. The summed E-state index contributed by atoms with van der Waals surface area (Å²) >= 11 is 0. The van der Waals surface area contributed by atoms with Gasteiger partial charge in [-0.2, -0.15) is 8.42 Å². The van der Waals surface area contributed by atoms with Gasteiger partial charge in [0.15, 0.2) is 0 Å². The standard InChI is InChI=1S/C16H16N2O8S/c19-12-5-6-13(20)17(12)9-10-1-3-11(4-2-10)16(23)26-27(24,25)18-14(21)7-8-15(18)22/h5-8,10-11H,1-4,9H2. The number of carbonyl (C=O) groups is 5. The summed E-state index contributed by atoms with van der Waals surface area (Å²) in [4.78, 5) is 59.3. The summed E-state index contributed by atoms with van der Waals surface area (Å²) in [7, 11) is -4.84. The zero-order valence-electron chi connectivity index (χ0n) is 14.1. The van der Waals surface area contributed by atoms with Crippen LogP contribution in [0.3, 0.4) is 0 Å². The monoisotopic (exact) mass is 396 g/mol. The zero-order valence-corrected chi connectivity index (χ0v) is 14.9. The molecule has 1 saturated carbocycles. The molecule has 0 bridgehead atoms. The highest BCUT2D eigenvalue weighted by atomic mass is 32.2. The lowest BCUT2D eigenvalue weighted by Gasteiger charge is -2.29. The highest BCUT2D eigenvalue weighted by Crippen LogP contribution is 2.31. The van der Waals surface area contributed by atoms with Gasteiger partial charge in [-0.3, -0.25) is 28.9 Å². The van der Waals surface area contributed by atoms with Gasteiger partial charge in [0.05, 0.1) is 5.92 Å². The van der Waals surface area contributed by atoms with E-state index in [9.17, 15) is 32.4 Å². The van der Waals surface area contributed by atoms with E-state index in [1.54, 1.807) is 0 Å². The molecule has 2 heterocycles. The molecule has 11 heteroatoms. The third-order valence-electron chi connectivity index (χ3n) is 4.70. The molecule has 0 N–H and O–H groups in total. The van der Waals surface area contributed by atoms with Crippen molar-refractivity contribution in [2.75, 3.05) is 6.54 Å². The number of amides is 4. The van der Waals surface area contributed by atoms with E-state index in [0.29, 0.717) is 25.7 Å². The predicted octanol–water partition coefficient (Wildman–Crippen LogP) is -0.569. The first-order chi connectivity index (χ1) is 12.7. The molecule has 0 aromatic heterocycles. The summed E-state index contributed by atoms with van der Waals surface area (Å²) in [5.74, 6) is -4.67. The van der Waals surface area contributed by atoms with Crippen molar-refractivity contribution in [2.45, 2.75) is 25.7 Å². The molecule has 0 unspecified atom stereocenters. The lowest BCUT2D eigenvalue weighted by Crippen LogP contribution is -2.40. The zero-order chi connectivity index (χ0) is 19.8. The van der Waals surface area contributed by atoms with Gasteiger partial charge in [0.2, 0.25) is 0 Å². The van der Waals surface area contributed by atoms with Crippen molar-refractivity contribution in [3.8, 4) is 0 Å². The van der Waals surface area contributed by atoms with E-state index in [1.165, 1.54) is 12.2 Å². The summed E-state index contributed by atoms with van der Waals surface area (Å²) in [6.45, 7) is 0.243. The molecule has 0 radical (unpaired) electrons. The molecule has 0 saturated heterocycles. The van der Waals surface area contributed by atoms with E-state index >= 15 is 0 Å². The maximum atomic E-state index is 12.1. The smallest absolute Gasteiger partial charge is 0.329 e. The molecule has 0 aromatic rings. The molecular weight excluding hydrogens is 380 g/mol. The van der Waals surface area contributed by atoms with Crippen LogP contribution in [0.1, 0.15) is 25.7 Å². The molecule has 2 aliphatic heterocycles. The molecule has 0 spiro atoms. The molecule has 0 atom stereocenters. The maximum absolute atomic E-state index is 12.1. The van der Waals surface area contributed by atoms with Gasteiger partial charge in [-0.1, -0.05) is 0 Å². The molecule has 144 valence electrons. The van der Waals surface area contributed by atoms with Crippen molar-refractivity contribution < 1.29 is 36.6 Å². The number of rotatable bonds is 5. The molecule has 3 aliphatic rings. The van der Waals surface area contributed by atoms with Crippen LogP contribution in [0.5, 0.6) is 0 Å². The molecular formula is C16H16N2O8S. The van der Waals surface area contributed by atoms with Crippen LogP contribution in [-0.2, 0) is 38.5 Å². The van der Waals surface area contributed by atoms with Crippen LogP contribution in [0.4, 0.5) is 0 Å². The van der Waals surface area contributed by atoms with Gasteiger partial charge in [0, 0.05) is 30.8 Å². The molecule has 1 aliphatic carbocycles. The number of carbonyl (C=O) groups excluding carboxylic acids is 5. The minimum absolute atomic E-state index is 0.00407. The number of imide groups is 2. The molecule has 27 heavy (non-hydrogen) atoms. The largest absolute Gasteiger partial charge is 0.422 e. The van der Waals surface area contributed by atoms with Gasteiger partial charge >= 0.3 is 16.3 Å². The van der Waals surface area contributed by atoms with Crippen LogP contribution in [-0.4, -0.2) is 53.8 Å². The Morgan fingerprint density at radius 1 is 0.889 bits per heavy atom. The topological polar surface area (TPSA) is 135 Å². The van der Waals surface area contributed by atoms with Crippen molar-refractivity contribution in [1.29, 1.82) is 0 Å². The van der Waals surface area contributed by atoms with Crippen LogP contribution >= 0.6 is 0 Å². The Bertz CT molecular complexity index is 844. The predicted molar refractivity (Wildman–Crippen MR) is 87.3 cm³/mol. The van der Waals surface area contributed by atoms with Gasteiger partial charge in [-0.05, 0) is 31.6 Å². The Balaban J connectivity index is 1.53. The quantitative estimate of drug-likeness (QED) is 0.564. The van der Waals surface area contributed by atoms with E-state index in [1.807, 2.05) is 0 Å². The first kappa shape index (κ1) is 19.0. The minimum Gasteiger partial charge on any atom is -0.329 e. The van der Waals surface area contributed by atoms with Crippen LogP contribution < -0.4 is 0 Å². The second-order valence-electron chi connectivity index (χ2n) is 6.47. The Kier molecular flexibility index (Phi) is 4.96. The SMILES string of the molecule is O=C(OS(=O)(=O)N1C(=O)C=CC1=O)C1CCC(CN2C(=O)C=CC2=O)CC1. The summed E-state index contributed by atoms with van der Waals surface area (Å²) in [6, 6.07) is 0. The van der Waals surface area contributed by atoms with Crippen LogP contribution in [0.2, 0.25) is 0 Å². The van der Waals surface area contributed by atoms with Crippen molar-refractivity contribution in [3.63, 3.8) is 0 Å². The van der Waals surface area contributed by atoms with E-state index in [4.69, 9.17) is 0 Å². The number of hydrogen-bond acceptors (Lipinski definition) is 8. The molecule has 1 fully saturated rings. The second-order valence-corrected chi connectivity index (χ2v) is 7.86. The minimum atomic E-state index is -4.84. The first-order valence-corrected chi connectivity index (χ1v) is 9.63. The van der Waals surface area contributed by atoms with Crippen LogP contribution in [0, 0.1) is 11.8 Å². The van der Waals surface area contributed by atoms with Gasteiger partial charge in [-0.15, -0.1) is 4.31 Å². The second kappa shape index (κ2) is 7.06. The lowest BCUT2D eigenvalue weighted by atomic mass is 9.82. The average molecular weight is 396 g/mol. The van der Waals surface area contributed by atoms with Crippen molar-refractivity contribution in [2.24, 2.45) is 11.8 Å². The van der Waals surface area contributed by atoms with E-state index in [0.717, 1.165) is 17.1 Å². The Hall–Kier alpha value is -2.82. The molecule has 0 aromatic carbocycles. The van der Waals surface area contributed by atoms with Gasteiger partial charge in [0.25, 0.3) is 23.6 Å². The van der Waals surface area contributed by atoms with E-state index in [-0.39, 0.29) is 28.6 Å². The fraction of sp³-hybridized carbons (Fsp3) is 0.438. The molecule has 3 rings (SSSR count). The van der Waals surface area contributed by atoms with Gasteiger partial charge < -0.3 is 4.18 Å². The van der Waals surface area contributed by atoms with Crippen LogP contribution in [0.25, 0.3) is 0 Å². The summed E-state index contributed by atoms with van der Waals surface area (Å²) in [6.07, 6.45) is 5.56. The third-order valence-corrected chi connectivity index (χ3v) is 5.88. The normalized spacial score (nSPS) is 25.6. The number of hydrogen-bond donors (Lipinski definition) is 0. The highest BCUT2D eigenvalue weighted by Gasteiger charge is 2.40. The Morgan fingerprint density at radius 3 is 1.89 bits per heavy atom. The fourth-order valence-electron chi connectivity index (χ4n) is 3.27. The van der Waals surface area contributed by atoms with Crippen molar-refractivity contribution in [1.82, 2.24) is 9.21 Å². The average Bonchev–Trinajstić information content (AvgIpc) is 3.11. The van der Waals surface area contributed by atoms with E-state index in [2.05, 4.69) is 4.18 Å². The van der Waals surface area contributed by atoms with Gasteiger partial charge in [-0.25, -0.2) is 0 Å². The van der Waals surface area contributed by atoms with Crippen molar-refractivity contribution in [3.05, 3.63) is 24.3 Å². The summed E-state index contributed by atoms with van der Waals surface area (Å²) < 4.78 is 28.3. The maximum Gasteiger partial charge on any atom is 0.422 e. The van der Waals surface area contributed by atoms with Crippen molar-refractivity contribution >= 4 is 39.9 Å². The highest BCUT2D eigenvalue weighted by molar-refractivity contribution is 7.86. The third kappa shape index (κ3) is 3.82. The molecule has 10 nitrogen and oxygen atoms in total.